The van der Waals surface area contributed by atoms with Gasteiger partial charge in [-0.2, -0.15) is 9.50 Å². The van der Waals surface area contributed by atoms with Crippen molar-refractivity contribution in [3.63, 3.8) is 0 Å². The number of hydrogen-bond acceptors (Lipinski definition) is 6. The van der Waals surface area contributed by atoms with Gasteiger partial charge in [0.15, 0.2) is 0 Å². The number of nitrogens with two attached hydrogens (primary N) is 1. The second kappa shape index (κ2) is 5.31. The van der Waals surface area contributed by atoms with E-state index in [0.29, 0.717) is 18.6 Å². The number of carbonyl (C=O) groups excluding carboxylic acids is 1. The molecule has 2 heterocycles. The van der Waals surface area contributed by atoms with Crippen LogP contribution < -0.4 is 5.73 Å². The highest BCUT2D eigenvalue weighted by atomic mass is 16.6. The summed E-state index contributed by atoms with van der Waals surface area (Å²) in [5.74, 6) is 0.442. The lowest BCUT2D eigenvalue weighted by atomic mass is 10.1. The van der Waals surface area contributed by atoms with Crippen LogP contribution in [0.2, 0.25) is 0 Å². The quantitative estimate of drug-likeness (QED) is 0.863. The Hall–Kier alpha value is -2.18. The van der Waals surface area contributed by atoms with E-state index in [0.717, 1.165) is 17.0 Å². The third-order valence-corrected chi connectivity index (χ3v) is 3.06. The summed E-state index contributed by atoms with van der Waals surface area (Å²) < 4.78 is 6.92. The molecule has 7 nitrogen and oxygen atoms in total. The van der Waals surface area contributed by atoms with Crippen LogP contribution in [-0.2, 0) is 16.0 Å². The maximum absolute atomic E-state index is 11.8. The van der Waals surface area contributed by atoms with E-state index in [-0.39, 0.29) is 11.9 Å². The number of nitrogen functional groups attached to an aromatic ring is 1. The number of aryl methyl sites for hydroxylation is 2. The topological polar surface area (TPSA) is 95.4 Å². The Labute approximate surface area is 123 Å². The number of aromatic nitrogens is 4. The molecule has 2 aromatic rings. The van der Waals surface area contributed by atoms with Gasteiger partial charge in [0.05, 0.1) is 0 Å². The molecule has 114 valence electrons. The van der Waals surface area contributed by atoms with Gasteiger partial charge in [0.1, 0.15) is 5.60 Å². The summed E-state index contributed by atoms with van der Waals surface area (Å²) >= 11 is 0. The number of rotatable bonds is 3. The first kappa shape index (κ1) is 15.2. The van der Waals surface area contributed by atoms with Crippen LogP contribution in [0.1, 0.15) is 44.1 Å². The number of anilines is 1. The molecule has 7 heteroatoms. The maximum atomic E-state index is 11.8. The fourth-order valence-electron chi connectivity index (χ4n) is 2.21. The Balaban J connectivity index is 2.20. The van der Waals surface area contributed by atoms with Crippen molar-refractivity contribution in [1.82, 2.24) is 19.6 Å². The molecule has 0 aliphatic carbocycles. The summed E-state index contributed by atoms with van der Waals surface area (Å²) in [5, 5.41) is 4.11. The molecular formula is C14H21N5O2. The van der Waals surface area contributed by atoms with E-state index in [1.807, 2.05) is 34.6 Å². The van der Waals surface area contributed by atoms with Gasteiger partial charge in [0.25, 0.3) is 5.78 Å². The van der Waals surface area contributed by atoms with Crippen LogP contribution >= 0.6 is 0 Å². The molecule has 21 heavy (non-hydrogen) atoms. The molecule has 0 spiro atoms. The van der Waals surface area contributed by atoms with Crippen molar-refractivity contribution in [3.05, 3.63) is 17.0 Å². The van der Waals surface area contributed by atoms with Crippen LogP contribution in [0.15, 0.2) is 0 Å². The van der Waals surface area contributed by atoms with E-state index in [9.17, 15) is 4.79 Å². The number of nitrogens with zero attached hydrogens (tertiary/aromatic N) is 4. The van der Waals surface area contributed by atoms with Gasteiger partial charge in [-0.05, 0) is 46.6 Å². The average Bonchev–Trinajstić information content (AvgIpc) is 2.67. The minimum absolute atomic E-state index is 0.189. The van der Waals surface area contributed by atoms with Crippen molar-refractivity contribution in [3.8, 4) is 0 Å². The largest absolute Gasteiger partial charge is 0.460 e. The molecule has 0 aliphatic rings. The Morgan fingerprint density at radius 2 is 1.95 bits per heavy atom. The zero-order valence-electron chi connectivity index (χ0n) is 13.1. The highest BCUT2D eigenvalue weighted by molar-refractivity contribution is 5.70. The minimum Gasteiger partial charge on any atom is -0.460 e. The average molecular weight is 291 g/mol. The van der Waals surface area contributed by atoms with Crippen LogP contribution in [0, 0.1) is 13.8 Å². The first-order valence-corrected chi connectivity index (χ1v) is 6.87. The number of ether oxygens (including phenoxy) is 1. The zero-order chi connectivity index (χ0) is 15.8. The Kier molecular flexibility index (Phi) is 3.85. The second-order valence-electron chi connectivity index (χ2n) is 6.03. The predicted octanol–water partition coefficient (Wildman–Crippen LogP) is 1.60. The van der Waals surface area contributed by atoms with Crippen molar-refractivity contribution >= 4 is 17.7 Å². The molecule has 0 amide bonds. The third kappa shape index (κ3) is 3.48. The first-order chi connectivity index (χ1) is 9.67. The summed E-state index contributed by atoms with van der Waals surface area (Å²) in [4.78, 5) is 20.2. The minimum atomic E-state index is -0.469. The predicted molar refractivity (Wildman–Crippen MR) is 78.8 cm³/mol. The van der Waals surface area contributed by atoms with Gasteiger partial charge in [-0.3, -0.25) is 4.79 Å². The number of fused-ring (bicyclic) bond motifs is 1. The maximum Gasteiger partial charge on any atom is 0.306 e. The Morgan fingerprint density at radius 3 is 2.57 bits per heavy atom. The van der Waals surface area contributed by atoms with Crippen molar-refractivity contribution in [2.75, 3.05) is 5.73 Å². The van der Waals surface area contributed by atoms with E-state index in [4.69, 9.17) is 10.5 Å². The van der Waals surface area contributed by atoms with E-state index < -0.39 is 5.60 Å². The van der Waals surface area contributed by atoms with Gasteiger partial charge in [-0.15, -0.1) is 5.10 Å². The molecule has 0 bridgehead atoms. The van der Waals surface area contributed by atoms with E-state index in [2.05, 4.69) is 15.1 Å². The summed E-state index contributed by atoms with van der Waals surface area (Å²) in [6, 6.07) is 0. The van der Waals surface area contributed by atoms with Gasteiger partial charge < -0.3 is 10.5 Å². The summed E-state index contributed by atoms with van der Waals surface area (Å²) in [6.07, 6.45) is 0.853. The molecular weight excluding hydrogens is 270 g/mol. The van der Waals surface area contributed by atoms with Crippen molar-refractivity contribution < 1.29 is 9.53 Å². The van der Waals surface area contributed by atoms with Gasteiger partial charge in [0.2, 0.25) is 5.95 Å². The van der Waals surface area contributed by atoms with Crippen LogP contribution in [0.5, 0.6) is 0 Å². The molecule has 0 aromatic carbocycles. The second-order valence-corrected chi connectivity index (χ2v) is 6.03. The standard InChI is InChI=1S/C14H21N5O2/c1-8-10(6-7-11(20)21-14(3,4)5)9(2)19-13(16-8)17-12(15)18-19/h6-7H2,1-5H3,(H2,15,18). The molecule has 2 aromatic heterocycles. The smallest absolute Gasteiger partial charge is 0.306 e. The molecule has 2 rings (SSSR count). The van der Waals surface area contributed by atoms with Crippen LogP contribution in [-0.4, -0.2) is 31.2 Å². The number of carbonyl (C=O) groups is 1. The van der Waals surface area contributed by atoms with Gasteiger partial charge in [-0.25, -0.2) is 4.98 Å². The van der Waals surface area contributed by atoms with Gasteiger partial charge in [0, 0.05) is 17.8 Å². The van der Waals surface area contributed by atoms with E-state index >= 15 is 0 Å². The summed E-state index contributed by atoms with van der Waals surface area (Å²) in [6.45, 7) is 9.37. The normalized spacial score (nSPS) is 11.9. The molecule has 0 unspecified atom stereocenters. The van der Waals surface area contributed by atoms with E-state index in [1.165, 1.54) is 0 Å². The van der Waals surface area contributed by atoms with Crippen molar-refractivity contribution in [2.24, 2.45) is 0 Å². The highest BCUT2D eigenvalue weighted by Crippen LogP contribution is 2.17. The molecule has 0 fully saturated rings. The van der Waals surface area contributed by atoms with E-state index in [1.54, 1.807) is 4.52 Å². The Morgan fingerprint density at radius 1 is 1.29 bits per heavy atom. The van der Waals surface area contributed by atoms with Crippen LogP contribution in [0.3, 0.4) is 0 Å². The fraction of sp³-hybridized carbons (Fsp3) is 0.571. The number of hydrogen-bond donors (Lipinski definition) is 1. The van der Waals surface area contributed by atoms with Gasteiger partial charge >= 0.3 is 5.97 Å². The van der Waals surface area contributed by atoms with Crippen molar-refractivity contribution in [2.45, 2.75) is 53.1 Å². The lowest BCUT2D eigenvalue weighted by molar-refractivity contribution is -0.154. The first-order valence-electron chi connectivity index (χ1n) is 6.87. The SMILES string of the molecule is Cc1nc2nc(N)nn2c(C)c1CCC(=O)OC(C)(C)C. The summed E-state index contributed by atoms with van der Waals surface area (Å²) in [7, 11) is 0. The molecule has 0 saturated carbocycles. The van der Waals surface area contributed by atoms with Crippen LogP contribution in [0.25, 0.3) is 5.78 Å². The van der Waals surface area contributed by atoms with Crippen LogP contribution in [0.4, 0.5) is 5.95 Å². The Bertz CT molecular complexity index is 685. The monoisotopic (exact) mass is 291 g/mol. The molecule has 2 N–H and O–H groups in total. The molecule has 0 radical (unpaired) electrons. The molecule has 0 aliphatic heterocycles. The van der Waals surface area contributed by atoms with Gasteiger partial charge in [-0.1, -0.05) is 0 Å². The summed E-state index contributed by atoms with van der Waals surface area (Å²) in [5.41, 5.74) is 7.82. The highest BCUT2D eigenvalue weighted by Gasteiger charge is 2.18. The lowest BCUT2D eigenvalue weighted by Crippen LogP contribution is -2.24. The molecule has 0 atom stereocenters. The zero-order valence-corrected chi connectivity index (χ0v) is 13.1. The molecule has 0 saturated heterocycles. The van der Waals surface area contributed by atoms with Crippen molar-refractivity contribution in [1.29, 1.82) is 0 Å². The fourth-order valence-corrected chi connectivity index (χ4v) is 2.21. The number of esters is 1. The lowest BCUT2D eigenvalue weighted by Gasteiger charge is -2.19. The third-order valence-electron chi connectivity index (χ3n) is 3.06.